The summed E-state index contributed by atoms with van der Waals surface area (Å²) in [5.41, 5.74) is 7.56. The molecule has 5 N–H and O–H groups in total. The minimum Gasteiger partial charge on any atom is -0.507 e. The van der Waals surface area contributed by atoms with E-state index in [9.17, 15) is 9.90 Å². The first-order chi connectivity index (χ1) is 14.7. The van der Waals surface area contributed by atoms with E-state index >= 15 is 0 Å². The Labute approximate surface area is 171 Å². The quantitative estimate of drug-likeness (QED) is 0.271. The molecule has 8 nitrogen and oxygen atoms in total. The number of aromatic nitrogens is 1. The van der Waals surface area contributed by atoms with Crippen molar-refractivity contribution in [1.29, 1.82) is 0 Å². The first-order valence-corrected chi connectivity index (χ1v) is 9.43. The molecule has 0 aliphatic carbocycles. The largest absolute Gasteiger partial charge is 0.507 e. The lowest BCUT2D eigenvalue weighted by molar-refractivity contribution is 0.00695. The standard InChI is InChI=1S/C22H21N3O5/c23-7-10-25-19(13-5-8-24-9-6-13)18-17-16(22(28)30-12-26)11-29-21(17)15-4-2-1-3-14(15)20(18)27/h1-6,8-9,11,19,25-27H,7,10,12,23H2. The first-order valence-electron chi connectivity index (χ1n) is 9.43. The molecule has 4 rings (SSSR count). The zero-order valence-electron chi connectivity index (χ0n) is 16.0. The van der Waals surface area contributed by atoms with Gasteiger partial charge in [-0.2, -0.15) is 0 Å². The van der Waals surface area contributed by atoms with Crippen LogP contribution in [0.3, 0.4) is 0 Å². The summed E-state index contributed by atoms with van der Waals surface area (Å²) in [5, 5.41) is 25.3. The van der Waals surface area contributed by atoms with E-state index in [4.69, 9.17) is 20.0 Å². The van der Waals surface area contributed by atoms with Crippen LogP contribution >= 0.6 is 0 Å². The van der Waals surface area contributed by atoms with Crippen LogP contribution < -0.4 is 11.1 Å². The average Bonchev–Trinajstić information content (AvgIpc) is 3.22. The number of phenols is 1. The number of aliphatic hydroxyl groups excluding tert-OH is 1. The summed E-state index contributed by atoms with van der Waals surface area (Å²) >= 11 is 0. The van der Waals surface area contributed by atoms with Crippen molar-refractivity contribution >= 4 is 27.7 Å². The molecule has 0 saturated heterocycles. The van der Waals surface area contributed by atoms with E-state index in [2.05, 4.69) is 10.3 Å². The third-order valence-electron chi connectivity index (χ3n) is 4.98. The predicted octanol–water partition coefficient (Wildman–Crippen LogP) is 2.43. The minimum atomic E-state index is -0.764. The summed E-state index contributed by atoms with van der Waals surface area (Å²) in [5.74, 6) is -0.733. The highest BCUT2D eigenvalue weighted by Gasteiger charge is 2.29. The fourth-order valence-corrected chi connectivity index (χ4v) is 3.71. The van der Waals surface area contributed by atoms with Crippen molar-refractivity contribution in [3.05, 3.63) is 71.7 Å². The van der Waals surface area contributed by atoms with Crippen LogP contribution in [0.25, 0.3) is 21.7 Å². The van der Waals surface area contributed by atoms with Gasteiger partial charge in [0.05, 0.1) is 6.04 Å². The van der Waals surface area contributed by atoms with E-state index in [1.54, 1.807) is 24.5 Å². The van der Waals surface area contributed by atoms with Crippen molar-refractivity contribution < 1.29 is 24.2 Å². The minimum absolute atomic E-state index is 0.0175. The van der Waals surface area contributed by atoms with Gasteiger partial charge in [0.1, 0.15) is 23.2 Å². The maximum absolute atomic E-state index is 12.5. The Bertz CT molecular complexity index is 1190. The van der Waals surface area contributed by atoms with Crippen molar-refractivity contribution in [2.75, 3.05) is 19.9 Å². The van der Waals surface area contributed by atoms with Crippen LogP contribution in [0.15, 0.2) is 59.5 Å². The number of nitrogens with two attached hydrogens (primary N) is 1. The Morgan fingerprint density at radius 3 is 2.63 bits per heavy atom. The predicted molar refractivity (Wildman–Crippen MR) is 111 cm³/mol. The number of fused-ring (bicyclic) bond motifs is 3. The van der Waals surface area contributed by atoms with Gasteiger partial charge in [-0.3, -0.25) is 4.98 Å². The van der Waals surface area contributed by atoms with Crippen molar-refractivity contribution in [2.24, 2.45) is 5.73 Å². The Hall–Kier alpha value is -3.46. The van der Waals surface area contributed by atoms with Gasteiger partial charge in [0.2, 0.25) is 0 Å². The van der Waals surface area contributed by atoms with E-state index in [-0.39, 0.29) is 11.3 Å². The van der Waals surface area contributed by atoms with Crippen LogP contribution in [0.5, 0.6) is 5.75 Å². The highest BCUT2D eigenvalue weighted by molar-refractivity contribution is 6.16. The Kier molecular flexibility index (Phi) is 5.62. The number of rotatable bonds is 7. The summed E-state index contributed by atoms with van der Waals surface area (Å²) in [7, 11) is 0. The smallest absolute Gasteiger partial charge is 0.344 e. The van der Waals surface area contributed by atoms with Crippen molar-refractivity contribution in [3.8, 4) is 5.75 Å². The average molecular weight is 407 g/mol. The fourth-order valence-electron chi connectivity index (χ4n) is 3.71. The van der Waals surface area contributed by atoms with E-state index in [1.807, 2.05) is 24.3 Å². The number of nitrogens with zero attached hydrogens (tertiary/aromatic N) is 1. The zero-order valence-corrected chi connectivity index (χ0v) is 16.0. The Morgan fingerprint density at radius 2 is 1.93 bits per heavy atom. The van der Waals surface area contributed by atoms with Crippen LogP contribution in [0.4, 0.5) is 0 Å². The Balaban J connectivity index is 2.07. The van der Waals surface area contributed by atoms with E-state index in [1.165, 1.54) is 6.26 Å². The molecule has 0 amide bonds. The highest BCUT2D eigenvalue weighted by Crippen LogP contribution is 2.44. The van der Waals surface area contributed by atoms with Crippen molar-refractivity contribution in [1.82, 2.24) is 10.3 Å². The summed E-state index contributed by atoms with van der Waals surface area (Å²) in [6, 6.07) is 10.4. The molecule has 0 aliphatic heterocycles. The monoisotopic (exact) mass is 407 g/mol. The molecule has 2 heterocycles. The first kappa shape index (κ1) is 19.8. The van der Waals surface area contributed by atoms with Crippen LogP contribution in [-0.2, 0) is 4.74 Å². The molecular weight excluding hydrogens is 386 g/mol. The number of pyridine rings is 1. The van der Waals surface area contributed by atoms with E-state index in [0.29, 0.717) is 40.4 Å². The molecular formula is C22H21N3O5. The Morgan fingerprint density at radius 1 is 1.20 bits per heavy atom. The second kappa shape index (κ2) is 8.50. The van der Waals surface area contributed by atoms with Crippen LogP contribution in [-0.4, -0.2) is 41.0 Å². The normalized spacial score (nSPS) is 12.3. The lowest BCUT2D eigenvalue weighted by Gasteiger charge is -2.22. The molecule has 154 valence electrons. The number of hydrogen-bond donors (Lipinski definition) is 4. The summed E-state index contributed by atoms with van der Waals surface area (Å²) < 4.78 is 10.6. The SMILES string of the molecule is NCCNC(c1ccncc1)c1c(O)c2ccccc2c2occ(C(=O)OCO)c12. The second-order valence-electron chi connectivity index (χ2n) is 6.68. The number of ether oxygens (including phenoxy) is 1. The number of furan rings is 1. The molecule has 4 aromatic rings. The van der Waals surface area contributed by atoms with E-state index < -0.39 is 18.8 Å². The lowest BCUT2D eigenvalue weighted by Crippen LogP contribution is -2.28. The molecule has 2 aromatic heterocycles. The van der Waals surface area contributed by atoms with Gasteiger partial charge in [0, 0.05) is 47.2 Å². The highest BCUT2D eigenvalue weighted by atomic mass is 16.6. The van der Waals surface area contributed by atoms with Crippen molar-refractivity contribution in [3.63, 3.8) is 0 Å². The number of aromatic hydroxyl groups is 1. The van der Waals surface area contributed by atoms with Crippen LogP contribution in [0.2, 0.25) is 0 Å². The summed E-state index contributed by atoms with van der Waals surface area (Å²) in [6.07, 6.45) is 4.58. The number of benzene rings is 2. The van der Waals surface area contributed by atoms with Gasteiger partial charge in [0.15, 0.2) is 6.79 Å². The lowest BCUT2D eigenvalue weighted by atomic mass is 9.90. The third kappa shape index (κ3) is 3.37. The molecule has 0 radical (unpaired) electrons. The molecule has 0 saturated carbocycles. The van der Waals surface area contributed by atoms with Gasteiger partial charge in [-0.1, -0.05) is 24.3 Å². The molecule has 30 heavy (non-hydrogen) atoms. The van der Waals surface area contributed by atoms with Gasteiger partial charge >= 0.3 is 5.97 Å². The van der Waals surface area contributed by atoms with Gasteiger partial charge in [-0.05, 0) is 17.7 Å². The number of phenolic OH excluding ortho intramolecular Hbond substituents is 1. The van der Waals surface area contributed by atoms with Gasteiger partial charge in [0.25, 0.3) is 0 Å². The molecule has 1 unspecified atom stereocenters. The molecule has 8 heteroatoms. The van der Waals surface area contributed by atoms with Gasteiger partial charge in [-0.15, -0.1) is 0 Å². The second-order valence-corrected chi connectivity index (χ2v) is 6.68. The van der Waals surface area contributed by atoms with Gasteiger partial charge in [-0.25, -0.2) is 4.79 Å². The van der Waals surface area contributed by atoms with Crippen LogP contribution in [0.1, 0.15) is 27.5 Å². The topological polar surface area (TPSA) is 131 Å². The zero-order chi connectivity index (χ0) is 21.1. The van der Waals surface area contributed by atoms with Gasteiger partial charge < -0.3 is 30.4 Å². The maximum Gasteiger partial charge on any atom is 0.344 e. The fraction of sp³-hybridized carbons (Fsp3) is 0.182. The molecule has 0 spiro atoms. The third-order valence-corrected chi connectivity index (χ3v) is 4.98. The van der Waals surface area contributed by atoms with Crippen molar-refractivity contribution in [2.45, 2.75) is 6.04 Å². The number of nitrogens with one attached hydrogen (secondary N) is 1. The summed E-state index contributed by atoms with van der Waals surface area (Å²) in [4.78, 5) is 16.6. The number of carbonyl (C=O) groups is 1. The maximum atomic E-state index is 12.5. The number of hydrogen-bond acceptors (Lipinski definition) is 8. The molecule has 1 atom stereocenters. The number of aliphatic hydroxyl groups is 1. The molecule has 0 fully saturated rings. The molecule has 0 aliphatic rings. The molecule has 0 bridgehead atoms. The number of carbonyl (C=O) groups excluding carboxylic acids is 1. The van der Waals surface area contributed by atoms with E-state index in [0.717, 1.165) is 5.56 Å². The number of esters is 1. The summed E-state index contributed by atoms with van der Waals surface area (Å²) in [6.45, 7) is 0.0818. The van der Waals surface area contributed by atoms with Crippen LogP contribution in [0, 0.1) is 0 Å². The molecule has 2 aromatic carbocycles.